The van der Waals surface area contributed by atoms with Gasteiger partial charge in [-0.1, -0.05) is 27.2 Å². The number of nitrogens with zero attached hydrogens (tertiary/aromatic N) is 1. The number of amides is 1. The summed E-state index contributed by atoms with van der Waals surface area (Å²) >= 11 is 0. The quantitative estimate of drug-likeness (QED) is 0.802. The zero-order valence-corrected chi connectivity index (χ0v) is 10.6. The van der Waals surface area contributed by atoms with Crippen LogP contribution in [0.25, 0.3) is 0 Å². The third-order valence-corrected chi connectivity index (χ3v) is 3.12. The number of carbonyl (C=O) groups is 1. The topological polar surface area (TPSA) is 55.6 Å². The van der Waals surface area contributed by atoms with Gasteiger partial charge >= 0.3 is 6.09 Å². The molecule has 1 saturated heterocycles. The molecular weight excluding hydrogens is 204 g/mol. The summed E-state index contributed by atoms with van der Waals surface area (Å²) in [6, 6.07) is 0.235. The van der Waals surface area contributed by atoms with Crippen molar-refractivity contribution in [1.82, 2.24) is 4.90 Å². The molecule has 0 aromatic heterocycles. The van der Waals surface area contributed by atoms with Gasteiger partial charge in [0.15, 0.2) is 0 Å². The average Bonchev–Trinajstić information content (AvgIpc) is 2.26. The minimum absolute atomic E-state index is 0.181. The maximum absolute atomic E-state index is 11.7. The molecule has 0 aromatic rings. The molecule has 1 amide bonds. The Balaban J connectivity index is 2.39. The Morgan fingerprint density at radius 1 is 1.56 bits per heavy atom. The minimum atomic E-state index is -0.181. The Morgan fingerprint density at radius 3 is 2.81 bits per heavy atom. The number of hydrogen-bond acceptors (Lipinski definition) is 3. The van der Waals surface area contributed by atoms with Gasteiger partial charge in [-0.05, 0) is 18.3 Å². The summed E-state index contributed by atoms with van der Waals surface area (Å²) < 4.78 is 5.22. The van der Waals surface area contributed by atoms with Crippen molar-refractivity contribution in [3.8, 4) is 0 Å². The van der Waals surface area contributed by atoms with E-state index in [4.69, 9.17) is 10.5 Å². The van der Waals surface area contributed by atoms with Crippen LogP contribution in [0.5, 0.6) is 0 Å². The molecule has 94 valence electrons. The van der Waals surface area contributed by atoms with E-state index in [1.54, 1.807) is 4.90 Å². The second-order valence-electron chi connectivity index (χ2n) is 5.04. The summed E-state index contributed by atoms with van der Waals surface area (Å²) in [6.07, 6.45) is 1.73. The highest BCUT2D eigenvalue weighted by atomic mass is 16.6. The van der Waals surface area contributed by atoms with Gasteiger partial charge in [0, 0.05) is 19.1 Å². The molecule has 1 aliphatic heterocycles. The van der Waals surface area contributed by atoms with Crippen LogP contribution in [0.2, 0.25) is 0 Å². The lowest BCUT2D eigenvalue weighted by Crippen LogP contribution is -2.49. The second-order valence-corrected chi connectivity index (χ2v) is 5.04. The molecule has 0 radical (unpaired) electrons. The Kier molecular flexibility index (Phi) is 5.06. The third-order valence-electron chi connectivity index (χ3n) is 3.12. The maximum atomic E-state index is 11.7. The molecule has 16 heavy (non-hydrogen) atoms. The summed E-state index contributed by atoms with van der Waals surface area (Å²) in [6.45, 7) is 8.16. The van der Waals surface area contributed by atoms with Crippen LogP contribution in [0.1, 0.15) is 33.6 Å². The molecule has 2 atom stereocenters. The molecule has 1 aliphatic rings. The lowest BCUT2D eigenvalue weighted by molar-refractivity contribution is 0.0714. The first-order valence-electron chi connectivity index (χ1n) is 6.21. The fraction of sp³-hybridized carbons (Fsp3) is 0.917. The summed E-state index contributed by atoms with van der Waals surface area (Å²) in [5.41, 5.74) is 6.00. The maximum Gasteiger partial charge on any atom is 0.409 e. The van der Waals surface area contributed by atoms with E-state index in [1.807, 2.05) is 13.8 Å². The lowest BCUT2D eigenvalue weighted by Gasteiger charge is -2.35. The SMILES string of the molecule is CCC1CN(C(=O)OCC(C)C)CCC1N. The van der Waals surface area contributed by atoms with Crippen molar-refractivity contribution in [2.24, 2.45) is 17.6 Å². The van der Waals surface area contributed by atoms with Gasteiger partial charge in [-0.2, -0.15) is 0 Å². The first kappa shape index (κ1) is 13.3. The molecule has 0 spiro atoms. The van der Waals surface area contributed by atoms with E-state index in [9.17, 15) is 4.79 Å². The van der Waals surface area contributed by atoms with E-state index < -0.39 is 0 Å². The lowest BCUT2D eigenvalue weighted by atomic mass is 9.91. The van der Waals surface area contributed by atoms with E-state index in [1.165, 1.54) is 0 Å². The molecule has 2 unspecified atom stereocenters. The Bertz CT molecular complexity index is 231. The summed E-state index contributed by atoms with van der Waals surface area (Å²) in [5.74, 6) is 0.804. The first-order chi connectivity index (χ1) is 7.54. The smallest absolute Gasteiger partial charge is 0.409 e. The van der Waals surface area contributed by atoms with E-state index in [0.717, 1.165) is 25.9 Å². The predicted octanol–water partition coefficient (Wildman–Crippen LogP) is 1.84. The van der Waals surface area contributed by atoms with Crippen molar-refractivity contribution >= 4 is 6.09 Å². The number of nitrogens with two attached hydrogens (primary N) is 1. The van der Waals surface area contributed by atoms with Crippen LogP contribution in [0.3, 0.4) is 0 Å². The average molecular weight is 228 g/mol. The van der Waals surface area contributed by atoms with Gasteiger partial charge in [0.1, 0.15) is 0 Å². The molecule has 1 rings (SSSR count). The van der Waals surface area contributed by atoms with Crippen LogP contribution in [0, 0.1) is 11.8 Å². The molecule has 0 saturated carbocycles. The van der Waals surface area contributed by atoms with Gasteiger partial charge in [0.25, 0.3) is 0 Å². The highest BCUT2D eigenvalue weighted by Crippen LogP contribution is 2.19. The van der Waals surface area contributed by atoms with Crippen LogP contribution in [0.4, 0.5) is 4.79 Å². The Hall–Kier alpha value is -0.770. The molecule has 4 heteroatoms. The van der Waals surface area contributed by atoms with Crippen molar-refractivity contribution < 1.29 is 9.53 Å². The summed E-state index contributed by atoms with van der Waals surface area (Å²) in [4.78, 5) is 13.5. The van der Waals surface area contributed by atoms with Crippen molar-refractivity contribution in [2.45, 2.75) is 39.7 Å². The first-order valence-corrected chi connectivity index (χ1v) is 6.21. The Morgan fingerprint density at radius 2 is 2.25 bits per heavy atom. The fourth-order valence-electron chi connectivity index (χ4n) is 1.98. The van der Waals surface area contributed by atoms with Crippen LogP contribution in [-0.2, 0) is 4.74 Å². The summed E-state index contributed by atoms with van der Waals surface area (Å²) in [5, 5.41) is 0. The number of likely N-dealkylation sites (tertiary alicyclic amines) is 1. The van der Waals surface area contributed by atoms with E-state index in [2.05, 4.69) is 6.92 Å². The molecule has 1 fully saturated rings. The predicted molar refractivity (Wildman–Crippen MR) is 64.1 cm³/mol. The van der Waals surface area contributed by atoms with Gasteiger partial charge in [-0.3, -0.25) is 0 Å². The van der Waals surface area contributed by atoms with Crippen LogP contribution >= 0.6 is 0 Å². The highest BCUT2D eigenvalue weighted by Gasteiger charge is 2.28. The molecule has 1 heterocycles. The number of rotatable bonds is 3. The van der Waals surface area contributed by atoms with E-state index in [0.29, 0.717) is 18.4 Å². The van der Waals surface area contributed by atoms with Gasteiger partial charge in [-0.15, -0.1) is 0 Å². The minimum Gasteiger partial charge on any atom is -0.449 e. The number of piperidine rings is 1. The number of hydrogen-bond donors (Lipinski definition) is 1. The van der Waals surface area contributed by atoms with Gasteiger partial charge in [-0.25, -0.2) is 4.79 Å². The normalized spacial score (nSPS) is 25.9. The molecule has 0 aliphatic carbocycles. The standard InChI is InChI=1S/C12H24N2O2/c1-4-10-7-14(6-5-11(10)13)12(15)16-8-9(2)3/h9-11H,4-8,13H2,1-3H3. The van der Waals surface area contributed by atoms with Crippen LogP contribution in [0.15, 0.2) is 0 Å². The molecule has 0 aromatic carbocycles. The highest BCUT2D eigenvalue weighted by molar-refractivity contribution is 5.67. The molecule has 0 bridgehead atoms. The molecule has 4 nitrogen and oxygen atoms in total. The second kappa shape index (κ2) is 6.09. The fourth-order valence-corrected chi connectivity index (χ4v) is 1.98. The number of carbonyl (C=O) groups excluding carboxylic acids is 1. The zero-order chi connectivity index (χ0) is 12.1. The zero-order valence-electron chi connectivity index (χ0n) is 10.6. The van der Waals surface area contributed by atoms with E-state index in [-0.39, 0.29) is 12.1 Å². The van der Waals surface area contributed by atoms with Crippen molar-refractivity contribution in [1.29, 1.82) is 0 Å². The van der Waals surface area contributed by atoms with Gasteiger partial charge in [0.2, 0.25) is 0 Å². The van der Waals surface area contributed by atoms with Crippen molar-refractivity contribution in [3.05, 3.63) is 0 Å². The Labute approximate surface area is 98.1 Å². The molecular formula is C12H24N2O2. The summed E-state index contributed by atoms with van der Waals surface area (Å²) in [7, 11) is 0. The van der Waals surface area contributed by atoms with Gasteiger partial charge in [0.05, 0.1) is 6.61 Å². The van der Waals surface area contributed by atoms with Gasteiger partial charge < -0.3 is 15.4 Å². The van der Waals surface area contributed by atoms with Crippen LogP contribution < -0.4 is 5.73 Å². The third kappa shape index (κ3) is 3.67. The number of ether oxygens (including phenoxy) is 1. The van der Waals surface area contributed by atoms with Crippen molar-refractivity contribution in [3.63, 3.8) is 0 Å². The van der Waals surface area contributed by atoms with Crippen molar-refractivity contribution in [2.75, 3.05) is 19.7 Å². The monoisotopic (exact) mass is 228 g/mol. The molecule has 2 N–H and O–H groups in total. The largest absolute Gasteiger partial charge is 0.449 e. The van der Waals surface area contributed by atoms with Crippen LogP contribution in [-0.4, -0.2) is 36.7 Å². The van der Waals surface area contributed by atoms with E-state index >= 15 is 0 Å².